The lowest BCUT2D eigenvalue weighted by Gasteiger charge is -2.29. The van der Waals surface area contributed by atoms with Crippen LogP contribution >= 0.6 is 0 Å². The molecular formula is C25H27N3O5. The molecule has 1 unspecified atom stereocenters. The molecule has 0 aromatic heterocycles. The maximum absolute atomic E-state index is 13.0. The second kappa shape index (κ2) is 9.33. The van der Waals surface area contributed by atoms with Crippen LogP contribution in [0.4, 0.5) is 0 Å². The summed E-state index contributed by atoms with van der Waals surface area (Å²) < 4.78 is 36.8. The van der Waals surface area contributed by atoms with Crippen LogP contribution in [0, 0.1) is 0 Å². The molecule has 0 aliphatic carbocycles. The molecule has 3 heterocycles. The Bertz CT molecular complexity index is 1220. The predicted molar refractivity (Wildman–Crippen MR) is 119 cm³/mol. The van der Waals surface area contributed by atoms with Crippen molar-refractivity contribution in [3.05, 3.63) is 64.7 Å². The molecule has 3 amide bonds. The highest BCUT2D eigenvalue weighted by Crippen LogP contribution is 2.34. The molecule has 0 bridgehead atoms. The molecule has 2 fully saturated rings. The Morgan fingerprint density at radius 2 is 1.94 bits per heavy atom. The summed E-state index contributed by atoms with van der Waals surface area (Å²) in [7, 11) is 0. The minimum atomic E-state index is -1.78. The molecule has 2 saturated heterocycles. The average molecular weight is 453 g/mol. The molecule has 3 aliphatic heterocycles. The Kier molecular flexibility index (Phi) is 5.15. The Labute approximate surface area is 196 Å². The first kappa shape index (κ1) is 18.2. The number of imide groups is 1. The predicted octanol–water partition coefficient (Wildman–Crippen LogP) is 1.86. The van der Waals surface area contributed by atoms with E-state index < -0.39 is 18.4 Å². The maximum atomic E-state index is 13.0. The molecular weight excluding hydrogens is 422 g/mol. The minimum absolute atomic E-state index is 0.0880. The van der Waals surface area contributed by atoms with Crippen LogP contribution < -0.4 is 10.1 Å². The van der Waals surface area contributed by atoms with Crippen molar-refractivity contribution in [2.24, 2.45) is 0 Å². The summed E-state index contributed by atoms with van der Waals surface area (Å²) in [6.07, 6.45) is 0.478. The van der Waals surface area contributed by atoms with Crippen molar-refractivity contribution in [2.75, 3.05) is 26.3 Å². The summed E-state index contributed by atoms with van der Waals surface area (Å²) in [4.78, 5) is 39.9. The number of amides is 3. The van der Waals surface area contributed by atoms with Crippen LogP contribution in [0.2, 0.25) is 0 Å². The molecule has 0 radical (unpaired) electrons. The van der Waals surface area contributed by atoms with E-state index in [9.17, 15) is 14.4 Å². The highest BCUT2D eigenvalue weighted by Gasteiger charge is 2.40. The third-order valence-electron chi connectivity index (χ3n) is 6.10. The topological polar surface area (TPSA) is 88.2 Å². The molecule has 5 rings (SSSR count). The zero-order valence-electron chi connectivity index (χ0n) is 21.1. The van der Waals surface area contributed by atoms with E-state index >= 15 is 0 Å². The van der Waals surface area contributed by atoms with E-state index in [1.807, 2.05) is 0 Å². The smallest absolute Gasteiger partial charge is 0.255 e. The lowest BCUT2D eigenvalue weighted by molar-refractivity contribution is -0.136. The molecule has 3 aliphatic rings. The van der Waals surface area contributed by atoms with Crippen molar-refractivity contribution in [1.29, 1.82) is 0 Å². The summed E-state index contributed by atoms with van der Waals surface area (Å²) in [5, 5.41) is 2.30. The highest BCUT2D eigenvalue weighted by atomic mass is 16.5. The fraction of sp³-hybridized carbons (Fsp3) is 0.400. The number of fused-ring (bicyclic) bond motifs is 1. The van der Waals surface area contributed by atoms with Gasteiger partial charge in [0.1, 0.15) is 18.4 Å². The fourth-order valence-corrected chi connectivity index (χ4v) is 4.32. The van der Waals surface area contributed by atoms with Crippen LogP contribution in [0.3, 0.4) is 0 Å². The van der Waals surface area contributed by atoms with Gasteiger partial charge in [0.05, 0.1) is 21.1 Å². The van der Waals surface area contributed by atoms with Gasteiger partial charge in [-0.15, -0.1) is 0 Å². The van der Waals surface area contributed by atoms with Crippen molar-refractivity contribution < 1.29 is 28.0 Å². The molecule has 2 aromatic rings. The lowest BCUT2D eigenvalue weighted by atomic mass is 10.0. The van der Waals surface area contributed by atoms with Gasteiger partial charge in [-0.1, -0.05) is 30.3 Å². The number of carbonyl (C=O) groups excluding carboxylic acids is 3. The van der Waals surface area contributed by atoms with Gasteiger partial charge in [0.2, 0.25) is 11.8 Å². The van der Waals surface area contributed by atoms with Gasteiger partial charge in [-0.25, -0.2) is 0 Å². The molecule has 0 spiro atoms. The molecule has 1 atom stereocenters. The van der Waals surface area contributed by atoms with Crippen molar-refractivity contribution in [3.8, 4) is 5.75 Å². The SMILES string of the molecule is [2H]c1cc(COc2cccc3c2CN(C2CCC(=O)NC2=O)C3=O)ccc1C([2H])([2H])N1CCOCC1. The summed E-state index contributed by atoms with van der Waals surface area (Å²) >= 11 is 0. The number of nitrogens with zero attached hydrogens (tertiary/aromatic N) is 2. The van der Waals surface area contributed by atoms with Crippen LogP contribution in [0.25, 0.3) is 0 Å². The summed E-state index contributed by atoms with van der Waals surface area (Å²) in [6, 6.07) is 9.53. The van der Waals surface area contributed by atoms with Gasteiger partial charge in [-0.05, 0) is 29.7 Å². The third-order valence-corrected chi connectivity index (χ3v) is 6.10. The standard InChI is InChI=1S/C25H27N3O5/c29-23-9-8-21(24(30)26-23)28-15-20-19(25(28)31)2-1-3-22(20)33-16-18-6-4-17(5-7-18)14-27-10-12-32-13-11-27/h1-7,21H,8-16H2,(H,26,29,30)/i4D,14D2. The zero-order chi connectivity index (χ0) is 25.4. The van der Waals surface area contributed by atoms with E-state index in [1.165, 1.54) is 4.90 Å². The Hall–Kier alpha value is -3.23. The summed E-state index contributed by atoms with van der Waals surface area (Å²) in [5.41, 5.74) is 2.13. The van der Waals surface area contributed by atoms with E-state index in [-0.39, 0.29) is 43.9 Å². The van der Waals surface area contributed by atoms with Crippen LogP contribution in [0.1, 0.15) is 44.0 Å². The molecule has 33 heavy (non-hydrogen) atoms. The van der Waals surface area contributed by atoms with Gasteiger partial charge < -0.3 is 14.4 Å². The van der Waals surface area contributed by atoms with Crippen molar-refractivity contribution in [2.45, 2.75) is 38.5 Å². The Morgan fingerprint density at radius 1 is 1.12 bits per heavy atom. The first-order valence-corrected chi connectivity index (χ1v) is 11.1. The van der Waals surface area contributed by atoms with E-state index in [4.69, 9.17) is 13.6 Å². The number of nitrogens with one attached hydrogen (secondary N) is 1. The van der Waals surface area contributed by atoms with Crippen LogP contribution in [0.5, 0.6) is 5.75 Å². The Balaban J connectivity index is 1.29. The van der Waals surface area contributed by atoms with Crippen molar-refractivity contribution in [1.82, 2.24) is 15.1 Å². The van der Waals surface area contributed by atoms with Crippen LogP contribution in [-0.4, -0.2) is 59.9 Å². The average Bonchev–Trinajstić information content (AvgIpc) is 3.20. The van der Waals surface area contributed by atoms with E-state index in [0.717, 1.165) is 0 Å². The van der Waals surface area contributed by atoms with E-state index in [0.29, 0.717) is 54.3 Å². The number of rotatable bonds is 6. The van der Waals surface area contributed by atoms with Gasteiger partial charge in [-0.2, -0.15) is 0 Å². The van der Waals surface area contributed by atoms with Crippen LogP contribution in [-0.2, 0) is 34.0 Å². The molecule has 0 saturated carbocycles. The van der Waals surface area contributed by atoms with Gasteiger partial charge in [0, 0.05) is 39.9 Å². The number of benzene rings is 2. The summed E-state index contributed by atoms with van der Waals surface area (Å²) in [5.74, 6) is -0.555. The highest BCUT2D eigenvalue weighted by molar-refractivity contribution is 6.05. The van der Waals surface area contributed by atoms with Gasteiger partial charge in [0.15, 0.2) is 0 Å². The fourth-order valence-electron chi connectivity index (χ4n) is 4.32. The molecule has 8 nitrogen and oxygen atoms in total. The van der Waals surface area contributed by atoms with Gasteiger partial charge in [-0.3, -0.25) is 24.6 Å². The number of ether oxygens (including phenoxy) is 2. The molecule has 172 valence electrons. The van der Waals surface area contributed by atoms with Gasteiger partial charge >= 0.3 is 0 Å². The number of piperidine rings is 1. The first-order valence-electron chi connectivity index (χ1n) is 12.6. The normalized spacial score (nSPS) is 22.9. The molecule has 8 heteroatoms. The number of carbonyl (C=O) groups is 3. The summed E-state index contributed by atoms with van der Waals surface area (Å²) in [6.45, 7) is 0.415. The number of hydrogen-bond acceptors (Lipinski definition) is 6. The minimum Gasteiger partial charge on any atom is -0.489 e. The largest absolute Gasteiger partial charge is 0.489 e. The van der Waals surface area contributed by atoms with E-state index in [2.05, 4.69) is 5.32 Å². The third kappa shape index (κ3) is 4.62. The second-order valence-corrected chi connectivity index (χ2v) is 8.29. The monoisotopic (exact) mass is 452 g/mol. The van der Waals surface area contributed by atoms with Gasteiger partial charge in [0.25, 0.3) is 5.91 Å². The number of morpholine rings is 1. The molecule has 2 aromatic carbocycles. The van der Waals surface area contributed by atoms with Crippen molar-refractivity contribution in [3.63, 3.8) is 0 Å². The number of hydrogen-bond donors (Lipinski definition) is 1. The first-order chi connectivity index (χ1) is 17.3. The van der Waals surface area contributed by atoms with E-state index in [1.54, 1.807) is 41.3 Å². The molecule has 1 N–H and O–H groups in total. The maximum Gasteiger partial charge on any atom is 0.255 e. The Morgan fingerprint density at radius 3 is 2.73 bits per heavy atom. The second-order valence-electron chi connectivity index (χ2n) is 8.29. The lowest BCUT2D eigenvalue weighted by Crippen LogP contribution is -2.52. The quantitative estimate of drug-likeness (QED) is 0.674. The zero-order valence-corrected chi connectivity index (χ0v) is 18.1. The van der Waals surface area contributed by atoms with Crippen molar-refractivity contribution >= 4 is 17.7 Å². The van der Waals surface area contributed by atoms with Crippen LogP contribution in [0.15, 0.2) is 42.4 Å².